The third-order valence-corrected chi connectivity index (χ3v) is 3.53. The van der Waals surface area contributed by atoms with E-state index >= 15 is 0 Å². The van der Waals surface area contributed by atoms with Crippen LogP contribution in [0.1, 0.15) is 29.2 Å². The molecule has 2 heteroatoms. The average Bonchev–Trinajstić information content (AvgIpc) is 2.32. The molecule has 0 spiro atoms. The zero-order valence-electron chi connectivity index (χ0n) is 10.9. The van der Waals surface area contributed by atoms with Gasteiger partial charge in [-0.3, -0.25) is 0 Å². The molecule has 0 bridgehead atoms. The molecular formula is C16H17FO. The molecule has 18 heavy (non-hydrogen) atoms. The quantitative estimate of drug-likeness (QED) is 0.854. The van der Waals surface area contributed by atoms with Gasteiger partial charge in [0.05, 0.1) is 0 Å². The maximum Gasteiger partial charge on any atom is 0.129 e. The minimum Gasteiger partial charge on any atom is -0.381 e. The summed E-state index contributed by atoms with van der Waals surface area (Å²) in [5.74, 6) is -0.386. The monoisotopic (exact) mass is 244 g/mol. The highest BCUT2D eigenvalue weighted by molar-refractivity contribution is 5.43. The van der Waals surface area contributed by atoms with Gasteiger partial charge in [-0.05, 0) is 43.5 Å². The van der Waals surface area contributed by atoms with Crippen LogP contribution in [0.3, 0.4) is 0 Å². The number of halogens is 1. The molecule has 0 aromatic heterocycles. The van der Waals surface area contributed by atoms with Gasteiger partial charge in [-0.1, -0.05) is 36.4 Å². The van der Waals surface area contributed by atoms with E-state index in [0.29, 0.717) is 5.56 Å². The highest BCUT2D eigenvalue weighted by Crippen LogP contribution is 2.33. The molecule has 94 valence electrons. The van der Waals surface area contributed by atoms with Crippen LogP contribution in [0.4, 0.5) is 4.39 Å². The third-order valence-electron chi connectivity index (χ3n) is 3.53. The minimum absolute atomic E-state index is 0.304. The topological polar surface area (TPSA) is 20.2 Å². The lowest BCUT2D eigenvalue weighted by atomic mass is 9.84. The average molecular weight is 244 g/mol. The Bertz CT molecular complexity index is 573. The van der Waals surface area contributed by atoms with Crippen molar-refractivity contribution in [2.75, 3.05) is 0 Å². The van der Waals surface area contributed by atoms with E-state index in [1.165, 1.54) is 6.07 Å². The number of benzene rings is 2. The van der Waals surface area contributed by atoms with E-state index < -0.39 is 5.60 Å². The first-order valence-electron chi connectivity index (χ1n) is 5.98. The largest absolute Gasteiger partial charge is 0.381 e. The Hall–Kier alpha value is -1.67. The number of rotatable bonds is 2. The number of hydrogen-bond acceptors (Lipinski definition) is 1. The summed E-state index contributed by atoms with van der Waals surface area (Å²) < 4.78 is 13.8. The highest BCUT2D eigenvalue weighted by atomic mass is 19.1. The van der Waals surface area contributed by atoms with Crippen LogP contribution in [-0.2, 0) is 5.60 Å². The van der Waals surface area contributed by atoms with Crippen LogP contribution in [-0.4, -0.2) is 5.11 Å². The normalized spacial score (nSPS) is 14.3. The predicted octanol–water partition coefficient (Wildman–Crippen LogP) is 3.70. The number of aliphatic hydroxyl groups is 1. The van der Waals surface area contributed by atoms with Crippen LogP contribution < -0.4 is 0 Å². The molecule has 1 atom stereocenters. The molecule has 0 radical (unpaired) electrons. The van der Waals surface area contributed by atoms with Crippen molar-refractivity contribution < 1.29 is 9.50 Å². The van der Waals surface area contributed by atoms with Gasteiger partial charge in [0.2, 0.25) is 0 Å². The zero-order valence-corrected chi connectivity index (χ0v) is 10.9. The summed E-state index contributed by atoms with van der Waals surface area (Å²) in [5, 5.41) is 10.7. The van der Waals surface area contributed by atoms with Gasteiger partial charge >= 0.3 is 0 Å². The summed E-state index contributed by atoms with van der Waals surface area (Å²) in [6.45, 7) is 5.56. The first-order chi connectivity index (χ1) is 8.44. The van der Waals surface area contributed by atoms with Gasteiger partial charge in [0.1, 0.15) is 11.4 Å². The van der Waals surface area contributed by atoms with Crippen LogP contribution in [0.15, 0.2) is 42.5 Å². The molecule has 0 fully saturated rings. The van der Waals surface area contributed by atoms with Crippen molar-refractivity contribution in [1.82, 2.24) is 0 Å². The summed E-state index contributed by atoms with van der Waals surface area (Å²) in [7, 11) is 0. The molecule has 1 N–H and O–H groups in total. The number of hydrogen-bond donors (Lipinski definition) is 1. The summed E-state index contributed by atoms with van der Waals surface area (Å²) in [6.07, 6.45) is 0. The smallest absolute Gasteiger partial charge is 0.129 e. The maximum absolute atomic E-state index is 13.8. The maximum atomic E-state index is 13.8. The first kappa shape index (κ1) is 12.8. The molecule has 2 aromatic carbocycles. The van der Waals surface area contributed by atoms with Crippen LogP contribution in [0.25, 0.3) is 0 Å². The second-order valence-electron chi connectivity index (χ2n) is 4.80. The number of aryl methyl sites for hydroxylation is 1. The molecule has 2 aromatic rings. The van der Waals surface area contributed by atoms with Gasteiger partial charge in [-0.2, -0.15) is 0 Å². The van der Waals surface area contributed by atoms with Gasteiger partial charge in [-0.25, -0.2) is 4.39 Å². The fourth-order valence-electron chi connectivity index (χ4n) is 2.28. The Labute approximate surface area is 107 Å². The summed E-state index contributed by atoms with van der Waals surface area (Å²) in [5.41, 5.74) is 1.81. The molecule has 0 aliphatic heterocycles. The van der Waals surface area contributed by atoms with E-state index in [4.69, 9.17) is 0 Å². The van der Waals surface area contributed by atoms with Crippen molar-refractivity contribution >= 4 is 0 Å². The Balaban J connectivity index is 2.62. The summed E-state index contributed by atoms with van der Waals surface area (Å²) in [6, 6.07) is 12.1. The van der Waals surface area contributed by atoms with E-state index in [1.54, 1.807) is 25.1 Å². The van der Waals surface area contributed by atoms with E-state index in [9.17, 15) is 9.50 Å². The summed E-state index contributed by atoms with van der Waals surface area (Å²) >= 11 is 0. The molecule has 0 aliphatic rings. The Morgan fingerprint density at radius 3 is 2.22 bits per heavy atom. The van der Waals surface area contributed by atoms with Crippen LogP contribution in [0.2, 0.25) is 0 Å². The minimum atomic E-state index is -1.32. The second kappa shape index (κ2) is 4.54. The predicted molar refractivity (Wildman–Crippen MR) is 71.0 cm³/mol. The van der Waals surface area contributed by atoms with Gasteiger partial charge < -0.3 is 5.11 Å². The molecule has 0 heterocycles. The molecule has 0 saturated heterocycles. The SMILES string of the molecule is Cc1cccc(C(C)(O)c2ccccc2F)c1C. The van der Waals surface area contributed by atoms with Crippen LogP contribution >= 0.6 is 0 Å². The molecule has 1 unspecified atom stereocenters. The lowest BCUT2D eigenvalue weighted by Crippen LogP contribution is -2.25. The Morgan fingerprint density at radius 2 is 1.56 bits per heavy atom. The molecule has 1 nitrogen and oxygen atoms in total. The molecule has 0 saturated carbocycles. The van der Waals surface area contributed by atoms with Crippen molar-refractivity contribution in [1.29, 1.82) is 0 Å². The lowest BCUT2D eigenvalue weighted by Gasteiger charge is -2.27. The van der Waals surface area contributed by atoms with Crippen molar-refractivity contribution in [3.63, 3.8) is 0 Å². The van der Waals surface area contributed by atoms with E-state index in [-0.39, 0.29) is 5.82 Å². The fraction of sp³-hybridized carbons (Fsp3) is 0.250. The van der Waals surface area contributed by atoms with Gasteiger partial charge in [0.25, 0.3) is 0 Å². The van der Waals surface area contributed by atoms with E-state index in [0.717, 1.165) is 16.7 Å². The zero-order chi connectivity index (χ0) is 13.3. The van der Waals surface area contributed by atoms with Gasteiger partial charge in [0.15, 0.2) is 0 Å². The van der Waals surface area contributed by atoms with Gasteiger partial charge in [-0.15, -0.1) is 0 Å². The third kappa shape index (κ3) is 2.04. The second-order valence-corrected chi connectivity index (χ2v) is 4.80. The Morgan fingerprint density at radius 1 is 0.944 bits per heavy atom. The van der Waals surface area contributed by atoms with Crippen molar-refractivity contribution in [2.45, 2.75) is 26.4 Å². The highest BCUT2D eigenvalue weighted by Gasteiger charge is 2.30. The van der Waals surface area contributed by atoms with E-state index in [2.05, 4.69) is 0 Å². The molecule has 0 aliphatic carbocycles. The van der Waals surface area contributed by atoms with E-state index in [1.807, 2.05) is 32.0 Å². The lowest BCUT2D eigenvalue weighted by molar-refractivity contribution is 0.0972. The van der Waals surface area contributed by atoms with Crippen molar-refractivity contribution in [2.24, 2.45) is 0 Å². The van der Waals surface area contributed by atoms with Gasteiger partial charge in [0, 0.05) is 5.56 Å². The fourth-order valence-corrected chi connectivity index (χ4v) is 2.28. The molecule has 2 rings (SSSR count). The standard InChI is InChI=1S/C16H17FO/c1-11-7-6-9-13(12(11)2)16(3,18)14-8-4-5-10-15(14)17/h4-10,18H,1-3H3. The first-order valence-corrected chi connectivity index (χ1v) is 5.98. The van der Waals surface area contributed by atoms with Crippen molar-refractivity contribution in [3.8, 4) is 0 Å². The Kier molecular flexibility index (Phi) is 3.22. The van der Waals surface area contributed by atoms with Crippen LogP contribution in [0, 0.1) is 19.7 Å². The molecular weight excluding hydrogens is 227 g/mol. The molecule has 0 amide bonds. The van der Waals surface area contributed by atoms with Crippen molar-refractivity contribution in [3.05, 3.63) is 70.5 Å². The van der Waals surface area contributed by atoms with Crippen LogP contribution in [0.5, 0.6) is 0 Å². The summed E-state index contributed by atoms with van der Waals surface area (Å²) in [4.78, 5) is 0.